The quantitative estimate of drug-likeness (QED) is 0.869. The van der Waals surface area contributed by atoms with E-state index in [-0.39, 0.29) is 0 Å². The van der Waals surface area contributed by atoms with Gasteiger partial charge in [-0.1, -0.05) is 18.2 Å². The van der Waals surface area contributed by atoms with Gasteiger partial charge in [0.05, 0.1) is 11.4 Å². The predicted octanol–water partition coefficient (Wildman–Crippen LogP) is 4.02. The maximum absolute atomic E-state index is 11.5. The normalized spacial score (nSPS) is 10.4. The zero-order valence-electron chi connectivity index (χ0n) is 10.6. The van der Waals surface area contributed by atoms with Crippen LogP contribution in [-0.2, 0) is 0 Å². The Labute approximate surface area is 105 Å². The van der Waals surface area contributed by atoms with Crippen LogP contribution in [0.5, 0.6) is 0 Å². The van der Waals surface area contributed by atoms with E-state index in [2.05, 4.69) is 0 Å². The Kier molecular flexibility index (Phi) is 3.10. The number of benzene rings is 1. The molecule has 0 saturated carbocycles. The third-order valence-electron chi connectivity index (χ3n) is 2.95. The molecule has 0 saturated heterocycles. The molecule has 2 rings (SSSR count). The summed E-state index contributed by atoms with van der Waals surface area (Å²) >= 11 is 0. The molecule has 0 fully saturated rings. The van der Waals surface area contributed by atoms with Gasteiger partial charge in [0.2, 0.25) is 0 Å². The highest BCUT2D eigenvalue weighted by atomic mass is 16.4. The summed E-state index contributed by atoms with van der Waals surface area (Å²) in [6.45, 7) is 5.46. The standard InChI is InChI=1S/C14H15NO3/c1-9-10(2)18-11(3)13(9)15(14(16)17)12-7-5-4-6-8-12/h4-8H,1-3H3,(H,16,17). The number of rotatable bonds is 2. The van der Waals surface area contributed by atoms with Crippen LogP contribution in [0.2, 0.25) is 0 Å². The number of para-hydroxylation sites is 1. The van der Waals surface area contributed by atoms with Crippen molar-refractivity contribution >= 4 is 17.5 Å². The molecule has 0 bridgehead atoms. The van der Waals surface area contributed by atoms with Crippen LogP contribution in [0, 0.1) is 20.8 Å². The van der Waals surface area contributed by atoms with Crippen molar-refractivity contribution < 1.29 is 14.3 Å². The lowest BCUT2D eigenvalue weighted by Gasteiger charge is -2.19. The first-order chi connectivity index (χ1) is 8.52. The molecule has 0 aliphatic carbocycles. The first-order valence-electron chi connectivity index (χ1n) is 5.67. The average molecular weight is 245 g/mol. The fourth-order valence-electron chi connectivity index (χ4n) is 2.02. The molecule has 1 N–H and O–H groups in total. The maximum atomic E-state index is 11.5. The van der Waals surface area contributed by atoms with Gasteiger partial charge in [-0.05, 0) is 32.9 Å². The lowest BCUT2D eigenvalue weighted by Crippen LogP contribution is -2.24. The molecule has 18 heavy (non-hydrogen) atoms. The van der Waals surface area contributed by atoms with E-state index in [4.69, 9.17) is 4.42 Å². The molecule has 1 aromatic heterocycles. The number of hydrogen-bond donors (Lipinski definition) is 1. The number of anilines is 2. The molecule has 1 aromatic carbocycles. The summed E-state index contributed by atoms with van der Waals surface area (Å²) in [4.78, 5) is 12.7. The SMILES string of the molecule is Cc1oc(C)c(N(C(=O)O)c2ccccc2)c1C. The number of carboxylic acid groups (broad SMARTS) is 1. The molecule has 0 spiro atoms. The van der Waals surface area contributed by atoms with Crippen LogP contribution in [-0.4, -0.2) is 11.2 Å². The maximum Gasteiger partial charge on any atom is 0.416 e. The number of nitrogens with zero attached hydrogens (tertiary/aromatic N) is 1. The van der Waals surface area contributed by atoms with Crippen LogP contribution in [0.25, 0.3) is 0 Å². The first-order valence-corrected chi connectivity index (χ1v) is 5.67. The summed E-state index contributed by atoms with van der Waals surface area (Å²) in [6, 6.07) is 8.99. The van der Waals surface area contributed by atoms with Crippen LogP contribution in [0.1, 0.15) is 17.1 Å². The molecule has 4 nitrogen and oxygen atoms in total. The molecule has 94 valence electrons. The minimum absolute atomic E-state index is 0.603. The van der Waals surface area contributed by atoms with Gasteiger partial charge in [0.15, 0.2) is 0 Å². The van der Waals surface area contributed by atoms with Gasteiger partial charge in [-0.3, -0.25) is 0 Å². The van der Waals surface area contributed by atoms with E-state index in [1.54, 1.807) is 19.1 Å². The van der Waals surface area contributed by atoms with Crippen molar-refractivity contribution in [2.45, 2.75) is 20.8 Å². The summed E-state index contributed by atoms with van der Waals surface area (Å²) < 4.78 is 5.49. The van der Waals surface area contributed by atoms with E-state index in [1.807, 2.05) is 32.0 Å². The van der Waals surface area contributed by atoms with E-state index in [0.29, 0.717) is 17.1 Å². The van der Waals surface area contributed by atoms with Crippen molar-refractivity contribution in [3.8, 4) is 0 Å². The number of hydrogen-bond acceptors (Lipinski definition) is 2. The smallest absolute Gasteiger partial charge is 0.416 e. The van der Waals surface area contributed by atoms with E-state index in [0.717, 1.165) is 11.3 Å². The van der Waals surface area contributed by atoms with E-state index in [1.165, 1.54) is 4.90 Å². The zero-order valence-corrected chi connectivity index (χ0v) is 10.6. The third kappa shape index (κ3) is 1.97. The van der Waals surface area contributed by atoms with Crippen molar-refractivity contribution in [2.75, 3.05) is 4.90 Å². The Balaban J connectivity index is 2.59. The lowest BCUT2D eigenvalue weighted by atomic mass is 10.2. The molecule has 0 radical (unpaired) electrons. The highest BCUT2D eigenvalue weighted by Gasteiger charge is 2.24. The summed E-state index contributed by atoms with van der Waals surface area (Å²) in [6.07, 6.45) is -1.02. The van der Waals surface area contributed by atoms with Gasteiger partial charge in [-0.2, -0.15) is 0 Å². The van der Waals surface area contributed by atoms with Crippen LogP contribution in [0.15, 0.2) is 34.7 Å². The predicted molar refractivity (Wildman–Crippen MR) is 69.5 cm³/mol. The Bertz CT molecular complexity index is 572. The average Bonchev–Trinajstić information content (AvgIpc) is 2.57. The van der Waals surface area contributed by atoms with Crippen molar-refractivity contribution in [1.29, 1.82) is 0 Å². The van der Waals surface area contributed by atoms with E-state index < -0.39 is 6.09 Å². The minimum Gasteiger partial charge on any atom is -0.464 e. The molecular formula is C14H15NO3. The molecule has 1 amide bonds. The lowest BCUT2D eigenvalue weighted by molar-refractivity contribution is 0.204. The Morgan fingerprint density at radius 1 is 1.11 bits per heavy atom. The number of amides is 1. The van der Waals surface area contributed by atoms with Crippen molar-refractivity contribution in [1.82, 2.24) is 0 Å². The molecule has 0 aliphatic heterocycles. The third-order valence-corrected chi connectivity index (χ3v) is 2.95. The summed E-state index contributed by atoms with van der Waals surface area (Å²) in [5.41, 5.74) is 2.06. The monoisotopic (exact) mass is 245 g/mol. The summed E-state index contributed by atoms with van der Waals surface area (Å²) in [5.74, 6) is 1.35. The second-order valence-corrected chi connectivity index (χ2v) is 4.14. The van der Waals surface area contributed by atoms with Gasteiger partial charge in [-0.15, -0.1) is 0 Å². The highest BCUT2D eigenvalue weighted by molar-refractivity contribution is 5.96. The second kappa shape index (κ2) is 4.56. The molecule has 2 aromatic rings. The van der Waals surface area contributed by atoms with Crippen LogP contribution in [0.4, 0.5) is 16.2 Å². The van der Waals surface area contributed by atoms with Crippen LogP contribution >= 0.6 is 0 Å². The van der Waals surface area contributed by atoms with E-state index in [9.17, 15) is 9.90 Å². The Morgan fingerprint density at radius 3 is 2.17 bits per heavy atom. The molecule has 1 heterocycles. The Morgan fingerprint density at radius 2 is 1.72 bits per heavy atom. The largest absolute Gasteiger partial charge is 0.464 e. The van der Waals surface area contributed by atoms with Gasteiger partial charge in [0.25, 0.3) is 0 Å². The minimum atomic E-state index is -1.02. The zero-order chi connectivity index (χ0) is 13.3. The molecule has 0 aliphatic rings. The number of furan rings is 1. The van der Waals surface area contributed by atoms with Crippen LogP contribution in [0.3, 0.4) is 0 Å². The van der Waals surface area contributed by atoms with Gasteiger partial charge in [-0.25, -0.2) is 9.69 Å². The van der Waals surface area contributed by atoms with E-state index >= 15 is 0 Å². The highest BCUT2D eigenvalue weighted by Crippen LogP contribution is 2.34. The molecular weight excluding hydrogens is 230 g/mol. The van der Waals surface area contributed by atoms with Crippen molar-refractivity contribution in [3.05, 3.63) is 47.4 Å². The molecule has 0 unspecified atom stereocenters. The topological polar surface area (TPSA) is 53.7 Å². The number of aryl methyl sites for hydroxylation is 2. The molecule has 4 heteroatoms. The second-order valence-electron chi connectivity index (χ2n) is 4.14. The Hall–Kier alpha value is -2.23. The van der Waals surface area contributed by atoms with Gasteiger partial charge in [0.1, 0.15) is 11.5 Å². The van der Waals surface area contributed by atoms with Gasteiger partial charge < -0.3 is 9.52 Å². The molecule has 0 atom stereocenters. The van der Waals surface area contributed by atoms with Crippen molar-refractivity contribution in [3.63, 3.8) is 0 Å². The fourth-order valence-corrected chi connectivity index (χ4v) is 2.02. The van der Waals surface area contributed by atoms with Crippen molar-refractivity contribution in [2.24, 2.45) is 0 Å². The fraction of sp³-hybridized carbons (Fsp3) is 0.214. The summed E-state index contributed by atoms with van der Waals surface area (Å²) in [5, 5.41) is 9.42. The number of carbonyl (C=O) groups is 1. The first kappa shape index (κ1) is 12.2. The summed E-state index contributed by atoms with van der Waals surface area (Å²) in [7, 11) is 0. The van der Waals surface area contributed by atoms with Gasteiger partial charge >= 0.3 is 6.09 Å². The van der Waals surface area contributed by atoms with Gasteiger partial charge in [0, 0.05) is 5.56 Å². The van der Waals surface area contributed by atoms with Crippen LogP contribution < -0.4 is 4.90 Å².